The molecule has 0 spiro atoms. The second-order valence-electron chi connectivity index (χ2n) is 3.55. The fourth-order valence-corrected chi connectivity index (χ4v) is 1.42. The van der Waals surface area contributed by atoms with Crippen LogP contribution < -0.4 is 11.1 Å². The molecule has 1 heterocycles. The Morgan fingerprint density at radius 3 is 2.72 bits per heavy atom. The summed E-state index contributed by atoms with van der Waals surface area (Å²) in [6.07, 6.45) is 1.40. The number of nitrogens with two attached hydrogens (primary N) is 1. The minimum atomic E-state index is -0.633. The molecule has 0 unspecified atom stereocenters. The summed E-state index contributed by atoms with van der Waals surface area (Å²) in [4.78, 5) is 15.7. The van der Waals surface area contributed by atoms with Gasteiger partial charge in [-0.15, -0.1) is 0 Å². The summed E-state index contributed by atoms with van der Waals surface area (Å²) in [5, 5.41) is 2.98. The summed E-state index contributed by atoms with van der Waals surface area (Å²) in [6.45, 7) is 0. The number of halogens is 2. The first-order valence-corrected chi connectivity index (χ1v) is 5.42. The number of rotatable bonds is 2. The maximum absolute atomic E-state index is 13.2. The van der Waals surface area contributed by atoms with Crippen LogP contribution in [0, 0.1) is 5.82 Å². The Balaban J connectivity index is 2.16. The van der Waals surface area contributed by atoms with Crippen LogP contribution in [0.4, 0.5) is 15.9 Å². The molecule has 0 aliphatic heterocycles. The second-order valence-corrected chi connectivity index (χ2v) is 3.99. The van der Waals surface area contributed by atoms with Gasteiger partial charge in [-0.25, -0.2) is 9.37 Å². The largest absolute Gasteiger partial charge is 0.396 e. The van der Waals surface area contributed by atoms with Crippen LogP contribution in [0.5, 0.6) is 0 Å². The van der Waals surface area contributed by atoms with E-state index < -0.39 is 11.7 Å². The molecule has 2 aromatic rings. The minimum absolute atomic E-state index is 0.00355. The van der Waals surface area contributed by atoms with Gasteiger partial charge in [0.15, 0.2) is 0 Å². The van der Waals surface area contributed by atoms with E-state index in [1.807, 2.05) is 0 Å². The standard InChI is InChI=1S/C12H9ClFN3O/c13-8-2-4-11(16-6-8)17-12(18)7-1-3-10(15)9(14)5-7/h1-6H,15H2,(H,16,17,18). The highest BCUT2D eigenvalue weighted by Crippen LogP contribution is 2.14. The number of hydrogen-bond donors (Lipinski definition) is 2. The average Bonchev–Trinajstić information content (AvgIpc) is 2.35. The van der Waals surface area contributed by atoms with E-state index >= 15 is 0 Å². The molecule has 3 N–H and O–H groups in total. The lowest BCUT2D eigenvalue weighted by molar-refractivity contribution is 0.102. The molecule has 18 heavy (non-hydrogen) atoms. The van der Waals surface area contributed by atoms with Gasteiger partial charge in [0.25, 0.3) is 5.91 Å². The number of aromatic nitrogens is 1. The van der Waals surface area contributed by atoms with Crippen molar-refractivity contribution in [3.8, 4) is 0 Å². The molecule has 4 nitrogen and oxygen atoms in total. The number of nitrogens with one attached hydrogen (secondary N) is 1. The first-order chi connectivity index (χ1) is 8.56. The molecule has 0 aliphatic carbocycles. The summed E-state index contributed by atoms with van der Waals surface area (Å²) in [5.41, 5.74) is 5.49. The van der Waals surface area contributed by atoms with Gasteiger partial charge in [0.2, 0.25) is 0 Å². The van der Waals surface area contributed by atoms with Gasteiger partial charge in [-0.2, -0.15) is 0 Å². The molecule has 6 heteroatoms. The fourth-order valence-electron chi connectivity index (χ4n) is 1.31. The van der Waals surface area contributed by atoms with E-state index in [4.69, 9.17) is 17.3 Å². The van der Waals surface area contributed by atoms with Crippen LogP contribution in [0.1, 0.15) is 10.4 Å². The Hall–Kier alpha value is -2.14. The number of hydrogen-bond acceptors (Lipinski definition) is 3. The lowest BCUT2D eigenvalue weighted by Crippen LogP contribution is -2.13. The van der Waals surface area contributed by atoms with E-state index in [9.17, 15) is 9.18 Å². The second kappa shape index (κ2) is 5.01. The molecular weight excluding hydrogens is 257 g/mol. The Kier molecular flexibility index (Phi) is 3.43. The third-order valence-electron chi connectivity index (χ3n) is 2.23. The molecule has 0 aliphatic rings. The number of nitrogen functional groups attached to an aromatic ring is 1. The van der Waals surface area contributed by atoms with Crippen molar-refractivity contribution in [2.45, 2.75) is 0 Å². The normalized spacial score (nSPS) is 10.1. The average molecular weight is 266 g/mol. The number of pyridine rings is 1. The van der Waals surface area contributed by atoms with Gasteiger partial charge < -0.3 is 11.1 Å². The Bertz CT molecular complexity index is 586. The molecule has 1 aromatic carbocycles. The van der Waals surface area contributed by atoms with Crippen LogP contribution in [0.15, 0.2) is 36.5 Å². The van der Waals surface area contributed by atoms with Crippen molar-refractivity contribution in [3.63, 3.8) is 0 Å². The van der Waals surface area contributed by atoms with E-state index in [2.05, 4.69) is 10.3 Å². The molecular formula is C12H9ClFN3O. The zero-order chi connectivity index (χ0) is 13.1. The number of amides is 1. The summed E-state index contributed by atoms with van der Waals surface area (Å²) < 4.78 is 13.2. The number of anilines is 2. The number of nitrogens with zero attached hydrogens (tertiary/aromatic N) is 1. The van der Waals surface area contributed by atoms with Gasteiger partial charge in [-0.05, 0) is 30.3 Å². The van der Waals surface area contributed by atoms with E-state index in [1.54, 1.807) is 12.1 Å². The van der Waals surface area contributed by atoms with Gasteiger partial charge >= 0.3 is 0 Å². The lowest BCUT2D eigenvalue weighted by atomic mass is 10.2. The van der Waals surface area contributed by atoms with Crippen molar-refractivity contribution in [1.29, 1.82) is 0 Å². The van der Waals surface area contributed by atoms with Crippen LogP contribution in [-0.4, -0.2) is 10.9 Å². The van der Waals surface area contributed by atoms with Crippen molar-refractivity contribution in [1.82, 2.24) is 4.98 Å². The van der Waals surface area contributed by atoms with Crippen molar-refractivity contribution < 1.29 is 9.18 Å². The van der Waals surface area contributed by atoms with Crippen molar-refractivity contribution >= 4 is 29.0 Å². The summed E-state index contributed by atoms with van der Waals surface area (Å²) in [7, 11) is 0. The molecule has 1 aromatic heterocycles. The first kappa shape index (κ1) is 12.3. The van der Waals surface area contributed by atoms with Crippen molar-refractivity contribution in [3.05, 3.63) is 52.9 Å². The molecule has 92 valence electrons. The highest BCUT2D eigenvalue weighted by Gasteiger charge is 2.09. The highest BCUT2D eigenvalue weighted by molar-refractivity contribution is 6.30. The van der Waals surface area contributed by atoms with Gasteiger partial charge in [-0.3, -0.25) is 4.79 Å². The zero-order valence-corrected chi connectivity index (χ0v) is 9.91. The maximum Gasteiger partial charge on any atom is 0.256 e. The summed E-state index contributed by atoms with van der Waals surface area (Å²) in [6, 6.07) is 6.98. The fraction of sp³-hybridized carbons (Fsp3) is 0. The molecule has 2 rings (SSSR count). The summed E-state index contributed by atoms with van der Waals surface area (Å²) >= 11 is 5.66. The predicted octanol–water partition coefficient (Wildman–Crippen LogP) is 2.71. The van der Waals surface area contributed by atoms with Crippen LogP contribution in [0.2, 0.25) is 5.02 Å². The van der Waals surface area contributed by atoms with E-state index in [-0.39, 0.29) is 11.3 Å². The molecule has 1 amide bonds. The third-order valence-corrected chi connectivity index (χ3v) is 2.46. The van der Waals surface area contributed by atoms with E-state index in [1.165, 1.54) is 18.3 Å². The Morgan fingerprint density at radius 2 is 2.11 bits per heavy atom. The van der Waals surface area contributed by atoms with Gasteiger partial charge in [0, 0.05) is 11.8 Å². The topological polar surface area (TPSA) is 68.0 Å². The molecule has 0 atom stereocenters. The SMILES string of the molecule is Nc1ccc(C(=O)Nc2ccc(Cl)cn2)cc1F. The van der Waals surface area contributed by atoms with Crippen molar-refractivity contribution in [2.24, 2.45) is 0 Å². The molecule has 0 saturated carbocycles. The van der Waals surface area contributed by atoms with Crippen LogP contribution in [0.25, 0.3) is 0 Å². The molecule has 0 radical (unpaired) electrons. The smallest absolute Gasteiger partial charge is 0.256 e. The van der Waals surface area contributed by atoms with Gasteiger partial charge in [0.05, 0.1) is 10.7 Å². The molecule has 0 bridgehead atoms. The third kappa shape index (κ3) is 2.75. The zero-order valence-electron chi connectivity index (χ0n) is 9.15. The monoisotopic (exact) mass is 265 g/mol. The predicted molar refractivity (Wildman–Crippen MR) is 68.0 cm³/mol. The maximum atomic E-state index is 13.2. The first-order valence-electron chi connectivity index (χ1n) is 5.04. The Morgan fingerprint density at radius 1 is 1.33 bits per heavy atom. The quantitative estimate of drug-likeness (QED) is 0.821. The molecule has 0 fully saturated rings. The van der Waals surface area contributed by atoms with E-state index in [0.29, 0.717) is 10.8 Å². The van der Waals surface area contributed by atoms with Crippen LogP contribution >= 0.6 is 11.6 Å². The number of benzene rings is 1. The number of carbonyl (C=O) groups excluding carboxylic acids is 1. The van der Waals surface area contributed by atoms with Crippen molar-refractivity contribution in [2.75, 3.05) is 11.1 Å². The number of carbonyl (C=O) groups is 1. The van der Waals surface area contributed by atoms with Gasteiger partial charge in [-0.1, -0.05) is 11.6 Å². The van der Waals surface area contributed by atoms with Crippen LogP contribution in [0.3, 0.4) is 0 Å². The highest BCUT2D eigenvalue weighted by atomic mass is 35.5. The Labute approximate surface area is 108 Å². The van der Waals surface area contributed by atoms with E-state index in [0.717, 1.165) is 6.07 Å². The lowest BCUT2D eigenvalue weighted by Gasteiger charge is -2.05. The minimum Gasteiger partial charge on any atom is -0.396 e. The molecule has 0 saturated heterocycles. The van der Waals surface area contributed by atoms with Gasteiger partial charge in [0.1, 0.15) is 11.6 Å². The summed E-state index contributed by atoms with van der Waals surface area (Å²) in [5.74, 6) is -0.767. The van der Waals surface area contributed by atoms with Crippen LogP contribution in [-0.2, 0) is 0 Å².